The normalized spacial score (nSPS) is 10.9. The largest absolute Gasteiger partial charge is 0.507 e. The monoisotopic (exact) mass is 382 g/mol. The Morgan fingerprint density at radius 1 is 0.621 bits per heavy atom. The number of phenols is 2. The molecule has 2 aromatic heterocycles. The highest BCUT2D eigenvalue weighted by Gasteiger charge is 2.13. The van der Waals surface area contributed by atoms with E-state index in [1.54, 1.807) is 12.1 Å². The van der Waals surface area contributed by atoms with Gasteiger partial charge in [0.25, 0.3) is 0 Å². The molecule has 2 N–H and O–H groups in total. The minimum atomic E-state index is 0.197. The van der Waals surface area contributed by atoms with E-state index >= 15 is 0 Å². The van der Waals surface area contributed by atoms with Gasteiger partial charge in [0.1, 0.15) is 11.5 Å². The zero-order chi connectivity index (χ0) is 20.5. The summed E-state index contributed by atoms with van der Waals surface area (Å²) in [6.07, 6.45) is 0. The lowest BCUT2D eigenvalue weighted by atomic mass is 9.99. The van der Waals surface area contributed by atoms with Gasteiger partial charge in [-0.1, -0.05) is 29.8 Å². The fourth-order valence-electron chi connectivity index (χ4n) is 3.42. The Hall–Kier alpha value is -3.66. The molecule has 4 rings (SSSR count). The molecule has 0 fully saturated rings. The summed E-state index contributed by atoms with van der Waals surface area (Å²) in [4.78, 5) is 9.49. The van der Waals surface area contributed by atoms with E-state index in [0.29, 0.717) is 28.3 Å². The van der Waals surface area contributed by atoms with Crippen LogP contribution in [0, 0.1) is 20.8 Å². The molecular formula is C25H22N2O2. The summed E-state index contributed by atoms with van der Waals surface area (Å²) >= 11 is 0. The molecule has 0 atom stereocenters. The topological polar surface area (TPSA) is 66.2 Å². The smallest absolute Gasteiger partial charge is 0.125 e. The quantitative estimate of drug-likeness (QED) is 0.469. The molecule has 4 aromatic rings. The van der Waals surface area contributed by atoms with E-state index in [9.17, 15) is 10.2 Å². The number of benzene rings is 2. The molecule has 29 heavy (non-hydrogen) atoms. The van der Waals surface area contributed by atoms with E-state index < -0.39 is 0 Å². The maximum atomic E-state index is 10.4. The van der Waals surface area contributed by atoms with Crippen molar-refractivity contribution in [2.24, 2.45) is 0 Å². The van der Waals surface area contributed by atoms with Crippen LogP contribution in [0.1, 0.15) is 16.7 Å². The SMILES string of the molecule is Cc1ccc(O)c(-c2cccc(-c3cccc(-c4c(O)ccc(C)c4C)n3)n2)c1. The Kier molecular flexibility index (Phi) is 4.77. The summed E-state index contributed by atoms with van der Waals surface area (Å²) in [6, 6.07) is 20.4. The zero-order valence-corrected chi connectivity index (χ0v) is 16.6. The predicted molar refractivity (Wildman–Crippen MR) is 116 cm³/mol. The van der Waals surface area contributed by atoms with Gasteiger partial charge in [-0.25, -0.2) is 9.97 Å². The number of nitrogens with zero attached hydrogens (tertiary/aromatic N) is 2. The van der Waals surface area contributed by atoms with Gasteiger partial charge in [-0.05, 0) is 74.4 Å². The number of aryl methyl sites for hydroxylation is 2. The second-order valence-corrected chi connectivity index (χ2v) is 7.24. The lowest BCUT2D eigenvalue weighted by Gasteiger charge is -2.12. The standard InChI is InChI=1S/C25H22N2O2/c1-15-10-12-23(28)18(14-15)19-6-4-7-20(26-19)21-8-5-9-22(27-21)25-17(3)16(2)11-13-24(25)29/h4-14,28-29H,1-3H3. The molecule has 0 bridgehead atoms. The van der Waals surface area contributed by atoms with Crippen molar-refractivity contribution in [3.8, 4) is 45.4 Å². The van der Waals surface area contributed by atoms with Gasteiger partial charge in [-0.2, -0.15) is 0 Å². The van der Waals surface area contributed by atoms with Crippen molar-refractivity contribution in [3.05, 3.63) is 83.4 Å². The maximum absolute atomic E-state index is 10.4. The van der Waals surface area contributed by atoms with E-state index in [0.717, 1.165) is 22.3 Å². The number of hydrogen-bond donors (Lipinski definition) is 2. The molecule has 4 heteroatoms. The molecular weight excluding hydrogens is 360 g/mol. The van der Waals surface area contributed by atoms with Crippen molar-refractivity contribution < 1.29 is 10.2 Å². The molecule has 2 heterocycles. The van der Waals surface area contributed by atoms with Crippen molar-refractivity contribution in [1.82, 2.24) is 9.97 Å². The van der Waals surface area contributed by atoms with Crippen LogP contribution in [0.2, 0.25) is 0 Å². The third-order valence-electron chi connectivity index (χ3n) is 5.16. The number of hydrogen-bond acceptors (Lipinski definition) is 4. The molecule has 0 amide bonds. The van der Waals surface area contributed by atoms with Crippen molar-refractivity contribution in [2.75, 3.05) is 0 Å². The van der Waals surface area contributed by atoms with E-state index in [-0.39, 0.29) is 11.5 Å². The van der Waals surface area contributed by atoms with Crippen LogP contribution in [0.4, 0.5) is 0 Å². The van der Waals surface area contributed by atoms with Crippen molar-refractivity contribution in [2.45, 2.75) is 20.8 Å². The Balaban J connectivity index is 1.81. The predicted octanol–water partition coefficient (Wildman–Crippen LogP) is 5.81. The number of phenolic OH excluding ortho intramolecular Hbond substituents is 2. The first-order valence-electron chi connectivity index (χ1n) is 9.48. The van der Waals surface area contributed by atoms with Gasteiger partial charge in [-0.15, -0.1) is 0 Å². The van der Waals surface area contributed by atoms with Gasteiger partial charge in [0.15, 0.2) is 0 Å². The van der Waals surface area contributed by atoms with E-state index in [2.05, 4.69) is 0 Å². The minimum Gasteiger partial charge on any atom is -0.507 e. The third kappa shape index (κ3) is 3.57. The molecule has 2 aromatic carbocycles. The average Bonchev–Trinajstić information content (AvgIpc) is 2.73. The highest BCUT2D eigenvalue weighted by molar-refractivity contribution is 5.74. The summed E-state index contributed by atoms with van der Waals surface area (Å²) in [6.45, 7) is 5.98. The first kappa shape index (κ1) is 18.7. The highest BCUT2D eigenvalue weighted by atomic mass is 16.3. The molecule has 4 nitrogen and oxygen atoms in total. The van der Waals surface area contributed by atoms with E-state index in [1.807, 2.05) is 75.4 Å². The molecule has 0 radical (unpaired) electrons. The average molecular weight is 382 g/mol. The first-order valence-corrected chi connectivity index (χ1v) is 9.48. The number of aromatic nitrogens is 2. The number of aromatic hydroxyl groups is 2. The van der Waals surface area contributed by atoms with Gasteiger partial charge in [0.2, 0.25) is 0 Å². The molecule has 0 unspecified atom stereocenters. The molecule has 144 valence electrons. The zero-order valence-electron chi connectivity index (χ0n) is 16.6. The molecule has 0 aliphatic heterocycles. The van der Waals surface area contributed by atoms with Gasteiger partial charge < -0.3 is 10.2 Å². The van der Waals surface area contributed by atoms with E-state index in [4.69, 9.17) is 9.97 Å². The molecule has 0 saturated heterocycles. The fourth-order valence-corrected chi connectivity index (χ4v) is 3.42. The number of pyridine rings is 2. The second-order valence-electron chi connectivity index (χ2n) is 7.24. The van der Waals surface area contributed by atoms with Gasteiger partial charge >= 0.3 is 0 Å². The Labute approximate surface area is 170 Å². The summed E-state index contributed by atoms with van der Waals surface area (Å²) in [5, 5.41) is 20.6. The first-order chi connectivity index (χ1) is 13.9. The van der Waals surface area contributed by atoms with Crippen LogP contribution in [0.3, 0.4) is 0 Å². The fraction of sp³-hybridized carbons (Fsp3) is 0.120. The maximum Gasteiger partial charge on any atom is 0.125 e. The van der Waals surface area contributed by atoms with Gasteiger partial charge in [-0.3, -0.25) is 0 Å². The Bertz CT molecular complexity index is 1220. The lowest BCUT2D eigenvalue weighted by molar-refractivity contribution is 0.476. The summed E-state index contributed by atoms with van der Waals surface area (Å²) in [7, 11) is 0. The Morgan fingerprint density at radius 3 is 1.93 bits per heavy atom. The van der Waals surface area contributed by atoms with Crippen LogP contribution in [0.25, 0.3) is 33.9 Å². The van der Waals surface area contributed by atoms with Crippen molar-refractivity contribution in [3.63, 3.8) is 0 Å². The van der Waals surface area contributed by atoms with Crippen LogP contribution in [-0.2, 0) is 0 Å². The highest BCUT2D eigenvalue weighted by Crippen LogP contribution is 2.34. The minimum absolute atomic E-state index is 0.197. The number of rotatable bonds is 3. The Morgan fingerprint density at radius 2 is 1.21 bits per heavy atom. The summed E-state index contributed by atoms with van der Waals surface area (Å²) < 4.78 is 0. The summed E-state index contributed by atoms with van der Waals surface area (Å²) in [5.74, 6) is 0.409. The second kappa shape index (κ2) is 7.40. The summed E-state index contributed by atoms with van der Waals surface area (Å²) in [5.41, 5.74) is 7.37. The van der Waals surface area contributed by atoms with Crippen LogP contribution in [-0.4, -0.2) is 20.2 Å². The third-order valence-corrected chi connectivity index (χ3v) is 5.16. The van der Waals surface area contributed by atoms with Crippen molar-refractivity contribution >= 4 is 0 Å². The van der Waals surface area contributed by atoms with Gasteiger partial charge in [0.05, 0.1) is 22.8 Å². The van der Waals surface area contributed by atoms with Crippen LogP contribution >= 0.6 is 0 Å². The molecule has 0 aliphatic rings. The lowest BCUT2D eigenvalue weighted by Crippen LogP contribution is -1.95. The molecule has 0 saturated carbocycles. The van der Waals surface area contributed by atoms with Gasteiger partial charge in [0, 0.05) is 11.1 Å². The van der Waals surface area contributed by atoms with Crippen LogP contribution < -0.4 is 0 Å². The van der Waals surface area contributed by atoms with Crippen molar-refractivity contribution in [1.29, 1.82) is 0 Å². The van der Waals surface area contributed by atoms with Crippen LogP contribution in [0.15, 0.2) is 66.7 Å². The molecule has 0 aliphatic carbocycles. The van der Waals surface area contributed by atoms with E-state index in [1.165, 1.54) is 0 Å². The van der Waals surface area contributed by atoms with Crippen LogP contribution in [0.5, 0.6) is 11.5 Å². The molecule has 0 spiro atoms.